The number of ether oxygens (including phenoxy) is 1. The predicted octanol–water partition coefficient (Wildman–Crippen LogP) is 6.33. The molecule has 32 heavy (non-hydrogen) atoms. The van der Waals surface area contributed by atoms with E-state index < -0.39 is 11.7 Å². The van der Waals surface area contributed by atoms with Crippen LogP contribution < -0.4 is 5.32 Å². The van der Waals surface area contributed by atoms with E-state index >= 15 is 0 Å². The van der Waals surface area contributed by atoms with Crippen LogP contribution in [0.2, 0.25) is 5.02 Å². The molecule has 162 valence electrons. The number of hydrogen-bond acceptors (Lipinski definition) is 7. The lowest BCUT2D eigenvalue weighted by Crippen LogP contribution is -2.27. The Kier molecular flexibility index (Phi) is 6.16. The van der Waals surface area contributed by atoms with E-state index in [1.54, 1.807) is 33.2 Å². The second-order valence-electron chi connectivity index (χ2n) is 7.81. The molecule has 0 unspecified atom stereocenters. The third kappa shape index (κ3) is 5.27. The van der Waals surface area contributed by atoms with Gasteiger partial charge in [-0.25, -0.2) is 19.7 Å². The summed E-state index contributed by atoms with van der Waals surface area (Å²) < 4.78 is 5.29. The Morgan fingerprint density at radius 3 is 2.47 bits per heavy atom. The van der Waals surface area contributed by atoms with Crippen molar-refractivity contribution in [2.45, 2.75) is 26.4 Å². The number of aromatic nitrogens is 4. The van der Waals surface area contributed by atoms with Crippen molar-refractivity contribution in [3.63, 3.8) is 0 Å². The van der Waals surface area contributed by atoms with E-state index in [2.05, 4.69) is 15.3 Å². The zero-order chi connectivity index (χ0) is 22.7. The number of rotatable bonds is 4. The summed E-state index contributed by atoms with van der Waals surface area (Å²) in [5.41, 5.74) is 2.13. The monoisotopic (exact) mass is 465 g/mol. The molecule has 0 bridgehead atoms. The minimum absolute atomic E-state index is 0.409. The number of pyridine rings is 1. The highest BCUT2D eigenvalue weighted by Crippen LogP contribution is 2.33. The number of nitrogens with zero attached hydrogens (tertiary/aromatic N) is 4. The Balaban J connectivity index is 1.73. The predicted molar refractivity (Wildman–Crippen MR) is 127 cm³/mol. The maximum absolute atomic E-state index is 12.1. The lowest BCUT2D eigenvalue weighted by molar-refractivity contribution is 0.0636. The van der Waals surface area contributed by atoms with Gasteiger partial charge in [-0.15, -0.1) is 0 Å². The van der Waals surface area contributed by atoms with Gasteiger partial charge in [0.05, 0.1) is 16.3 Å². The van der Waals surface area contributed by atoms with Crippen LogP contribution >= 0.6 is 22.9 Å². The number of anilines is 1. The second-order valence-corrected chi connectivity index (χ2v) is 9.25. The van der Waals surface area contributed by atoms with Crippen LogP contribution in [0.5, 0.6) is 0 Å². The average molecular weight is 466 g/mol. The van der Waals surface area contributed by atoms with E-state index in [1.807, 2.05) is 48.5 Å². The fourth-order valence-electron chi connectivity index (χ4n) is 2.83. The fourth-order valence-corrected chi connectivity index (χ4v) is 3.83. The fraction of sp³-hybridized carbons (Fsp3) is 0.174. The van der Waals surface area contributed by atoms with E-state index in [0.717, 1.165) is 10.4 Å². The van der Waals surface area contributed by atoms with Crippen molar-refractivity contribution in [3.8, 4) is 33.3 Å². The molecule has 0 atom stereocenters. The first-order valence-corrected chi connectivity index (χ1v) is 11.0. The molecule has 0 aliphatic heterocycles. The molecule has 4 rings (SSSR count). The second kappa shape index (κ2) is 9.02. The van der Waals surface area contributed by atoms with Gasteiger partial charge in [0.15, 0.2) is 11.0 Å². The van der Waals surface area contributed by atoms with Gasteiger partial charge < -0.3 is 4.74 Å². The number of hydrogen-bond donors (Lipinski definition) is 1. The van der Waals surface area contributed by atoms with Crippen LogP contribution in [0.25, 0.3) is 33.3 Å². The zero-order valence-electron chi connectivity index (χ0n) is 17.7. The summed E-state index contributed by atoms with van der Waals surface area (Å²) in [6.45, 7) is 5.41. The Morgan fingerprint density at radius 1 is 1.00 bits per heavy atom. The summed E-state index contributed by atoms with van der Waals surface area (Å²) >= 11 is 7.71. The Hall–Kier alpha value is -3.36. The Bertz CT molecular complexity index is 1250. The van der Waals surface area contributed by atoms with Crippen molar-refractivity contribution in [1.29, 1.82) is 0 Å². The maximum atomic E-state index is 12.1. The van der Waals surface area contributed by atoms with Gasteiger partial charge in [-0.3, -0.25) is 10.3 Å². The lowest BCUT2D eigenvalue weighted by Gasteiger charge is -2.18. The minimum atomic E-state index is -0.599. The van der Waals surface area contributed by atoms with Gasteiger partial charge >= 0.3 is 6.09 Å². The summed E-state index contributed by atoms with van der Waals surface area (Å²) in [7, 11) is 0. The molecule has 0 aliphatic carbocycles. The SMILES string of the molecule is CC(C)(C)OC(=O)Nc1ncc(-c2cc(-c3ccccc3Cl)nc(-c3ccccn3)n2)s1. The van der Waals surface area contributed by atoms with E-state index in [1.165, 1.54) is 11.3 Å². The molecule has 0 saturated carbocycles. The first kappa shape index (κ1) is 21.9. The highest BCUT2D eigenvalue weighted by Gasteiger charge is 2.19. The van der Waals surface area contributed by atoms with Crippen molar-refractivity contribution in [1.82, 2.24) is 19.9 Å². The van der Waals surface area contributed by atoms with Crippen LogP contribution in [-0.4, -0.2) is 31.6 Å². The number of amides is 1. The van der Waals surface area contributed by atoms with Crippen LogP contribution in [0.3, 0.4) is 0 Å². The molecule has 1 N–H and O–H groups in total. The molecular weight excluding hydrogens is 446 g/mol. The van der Waals surface area contributed by atoms with Crippen molar-refractivity contribution in [3.05, 3.63) is 65.9 Å². The Morgan fingerprint density at radius 2 is 1.75 bits per heavy atom. The van der Waals surface area contributed by atoms with Crippen LogP contribution in [-0.2, 0) is 4.74 Å². The van der Waals surface area contributed by atoms with Crippen molar-refractivity contribution < 1.29 is 9.53 Å². The van der Waals surface area contributed by atoms with Crippen molar-refractivity contribution >= 4 is 34.2 Å². The number of carbonyl (C=O) groups excluding carboxylic acids is 1. The van der Waals surface area contributed by atoms with Gasteiger partial charge in [0.1, 0.15) is 11.3 Å². The molecule has 1 aromatic carbocycles. The number of benzene rings is 1. The zero-order valence-corrected chi connectivity index (χ0v) is 19.2. The van der Waals surface area contributed by atoms with Crippen LogP contribution in [0.4, 0.5) is 9.93 Å². The quantitative estimate of drug-likeness (QED) is 0.378. The molecule has 7 nitrogen and oxygen atoms in total. The largest absolute Gasteiger partial charge is 0.444 e. The molecular formula is C23H20ClN5O2S. The normalized spacial score (nSPS) is 11.2. The topological polar surface area (TPSA) is 89.9 Å². The van der Waals surface area contributed by atoms with Crippen LogP contribution in [0, 0.1) is 0 Å². The standard InChI is InChI=1S/C23H20ClN5O2S/c1-23(2,3)31-22(30)29-21-26-13-19(32-21)18-12-17(14-8-4-5-9-15(14)24)27-20(28-18)16-10-6-7-11-25-16/h4-13H,1-3H3,(H,26,29,30). The highest BCUT2D eigenvalue weighted by molar-refractivity contribution is 7.19. The first-order chi connectivity index (χ1) is 15.3. The third-order valence-corrected chi connectivity index (χ3v) is 5.40. The summed E-state index contributed by atoms with van der Waals surface area (Å²) in [4.78, 5) is 30.9. The van der Waals surface area contributed by atoms with E-state index in [0.29, 0.717) is 33.1 Å². The minimum Gasteiger partial charge on any atom is -0.444 e. The van der Waals surface area contributed by atoms with Gasteiger partial charge in [-0.05, 0) is 45.0 Å². The van der Waals surface area contributed by atoms with E-state index in [4.69, 9.17) is 26.3 Å². The molecule has 1 amide bonds. The average Bonchev–Trinajstić information content (AvgIpc) is 3.21. The van der Waals surface area contributed by atoms with E-state index in [-0.39, 0.29) is 0 Å². The summed E-state index contributed by atoms with van der Waals surface area (Å²) in [6, 6.07) is 14.9. The summed E-state index contributed by atoms with van der Waals surface area (Å²) in [6.07, 6.45) is 2.78. The smallest absolute Gasteiger partial charge is 0.413 e. The number of nitrogens with one attached hydrogen (secondary N) is 1. The van der Waals surface area contributed by atoms with Crippen LogP contribution in [0.1, 0.15) is 20.8 Å². The molecule has 0 fully saturated rings. The first-order valence-electron chi connectivity index (χ1n) is 9.80. The third-order valence-electron chi connectivity index (χ3n) is 4.14. The highest BCUT2D eigenvalue weighted by atomic mass is 35.5. The number of thiazole rings is 1. The summed E-state index contributed by atoms with van der Waals surface area (Å²) in [5, 5.41) is 3.65. The van der Waals surface area contributed by atoms with Gasteiger partial charge in [0, 0.05) is 23.0 Å². The Labute approximate surface area is 194 Å². The molecule has 3 heterocycles. The van der Waals surface area contributed by atoms with Gasteiger partial charge in [-0.1, -0.05) is 47.2 Å². The van der Waals surface area contributed by atoms with Gasteiger partial charge in [0.25, 0.3) is 0 Å². The van der Waals surface area contributed by atoms with Crippen molar-refractivity contribution in [2.75, 3.05) is 5.32 Å². The lowest BCUT2D eigenvalue weighted by atomic mass is 10.1. The van der Waals surface area contributed by atoms with Crippen molar-refractivity contribution in [2.24, 2.45) is 0 Å². The molecule has 9 heteroatoms. The molecule has 0 spiro atoms. The van der Waals surface area contributed by atoms with E-state index in [9.17, 15) is 4.79 Å². The number of halogens is 1. The molecule has 0 radical (unpaired) electrons. The summed E-state index contributed by atoms with van der Waals surface area (Å²) in [5.74, 6) is 0.466. The molecule has 4 aromatic rings. The van der Waals surface area contributed by atoms with Crippen LogP contribution in [0.15, 0.2) is 60.9 Å². The maximum Gasteiger partial charge on any atom is 0.413 e. The van der Waals surface area contributed by atoms with Gasteiger partial charge in [0.2, 0.25) is 0 Å². The number of carbonyl (C=O) groups is 1. The molecule has 0 aliphatic rings. The van der Waals surface area contributed by atoms with Gasteiger partial charge in [-0.2, -0.15) is 0 Å². The molecule has 0 saturated heterocycles. The molecule has 3 aromatic heterocycles.